The maximum Gasteiger partial charge on any atom is 0.312 e. The van der Waals surface area contributed by atoms with Gasteiger partial charge in [0.05, 0.1) is 25.2 Å². The average Bonchev–Trinajstić information content (AvgIpc) is 3.11. The molecule has 5 nitrogen and oxygen atoms in total. The van der Waals surface area contributed by atoms with E-state index in [-0.39, 0.29) is 18.0 Å². The van der Waals surface area contributed by atoms with Crippen LogP contribution in [0.1, 0.15) is 33.1 Å². The summed E-state index contributed by atoms with van der Waals surface area (Å²) in [6.07, 6.45) is 6.42. The van der Waals surface area contributed by atoms with E-state index in [1.165, 1.54) is 0 Å². The van der Waals surface area contributed by atoms with E-state index in [4.69, 9.17) is 9.47 Å². The molecule has 3 heterocycles. The number of nitrogens with zero attached hydrogens (tertiary/aromatic N) is 1. The Morgan fingerprint density at radius 2 is 2.29 bits per heavy atom. The van der Waals surface area contributed by atoms with Gasteiger partial charge >= 0.3 is 5.97 Å². The van der Waals surface area contributed by atoms with Gasteiger partial charge in [0.2, 0.25) is 5.91 Å². The van der Waals surface area contributed by atoms with E-state index in [2.05, 4.69) is 6.92 Å². The quantitative estimate of drug-likeness (QED) is 0.550. The number of fused-ring (bicyclic) bond motifs is 1. The molecule has 0 saturated carbocycles. The Hall–Kier alpha value is -1.36. The fraction of sp³-hybridized carbons (Fsp3) is 0.750. The van der Waals surface area contributed by atoms with Crippen molar-refractivity contribution in [1.29, 1.82) is 0 Å². The Bertz CT molecular complexity index is 475. The lowest BCUT2D eigenvalue weighted by molar-refractivity contribution is -0.153. The van der Waals surface area contributed by atoms with E-state index in [0.717, 1.165) is 25.8 Å². The lowest BCUT2D eigenvalue weighted by atomic mass is 9.77. The van der Waals surface area contributed by atoms with Crippen LogP contribution in [0.15, 0.2) is 12.2 Å². The minimum atomic E-state index is -0.592. The van der Waals surface area contributed by atoms with Crippen LogP contribution >= 0.6 is 0 Å². The zero-order valence-electron chi connectivity index (χ0n) is 12.7. The fourth-order valence-electron chi connectivity index (χ4n) is 3.68. The summed E-state index contributed by atoms with van der Waals surface area (Å²) < 4.78 is 11.3. The van der Waals surface area contributed by atoms with Crippen LogP contribution in [0.3, 0.4) is 0 Å². The molecule has 0 radical (unpaired) electrons. The first kappa shape index (κ1) is 14.6. The molecule has 2 bridgehead atoms. The molecule has 0 unspecified atom stereocenters. The molecule has 3 aliphatic rings. The van der Waals surface area contributed by atoms with E-state index < -0.39 is 17.4 Å². The molecule has 21 heavy (non-hydrogen) atoms. The van der Waals surface area contributed by atoms with Gasteiger partial charge < -0.3 is 14.4 Å². The van der Waals surface area contributed by atoms with Gasteiger partial charge in [-0.3, -0.25) is 9.59 Å². The lowest BCUT2D eigenvalue weighted by Gasteiger charge is -2.22. The van der Waals surface area contributed by atoms with Crippen molar-refractivity contribution in [3.63, 3.8) is 0 Å². The van der Waals surface area contributed by atoms with Crippen LogP contribution < -0.4 is 0 Å². The van der Waals surface area contributed by atoms with Gasteiger partial charge in [-0.05, 0) is 12.8 Å². The first-order valence-corrected chi connectivity index (χ1v) is 7.95. The second kappa shape index (κ2) is 5.44. The summed E-state index contributed by atoms with van der Waals surface area (Å²) in [4.78, 5) is 26.8. The molecule has 3 aliphatic heterocycles. The van der Waals surface area contributed by atoms with Crippen molar-refractivity contribution < 1.29 is 19.1 Å². The number of carbonyl (C=O) groups is 2. The molecule has 116 valence electrons. The molecular formula is C16H23NO4. The molecule has 2 saturated heterocycles. The minimum absolute atomic E-state index is 0.0498. The summed E-state index contributed by atoms with van der Waals surface area (Å²) >= 11 is 0. The number of amides is 1. The third-order valence-corrected chi connectivity index (χ3v) is 4.68. The zero-order chi connectivity index (χ0) is 15.0. The Kier molecular flexibility index (Phi) is 3.78. The largest absolute Gasteiger partial charge is 0.465 e. The highest BCUT2D eigenvalue weighted by molar-refractivity contribution is 5.91. The van der Waals surface area contributed by atoms with Crippen molar-refractivity contribution in [3.05, 3.63) is 12.2 Å². The van der Waals surface area contributed by atoms with Crippen LogP contribution in [0.5, 0.6) is 0 Å². The van der Waals surface area contributed by atoms with Gasteiger partial charge in [0.15, 0.2) is 0 Å². The Morgan fingerprint density at radius 3 is 3.00 bits per heavy atom. The van der Waals surface area contributed by atoms with Crippen molar-refractivity contribution in [2.45, 2.75) is 44.8 Å². The van der Waals surface area contributed by atoms with Crippen molar-refractivity contribution in [3.8, 4) is 0 Å². The Balaban J connectivity index is 1.78. The number of ether oxygens (including phenoxy) is 2. The molecule has 0 N–H and O–H groups in total. The summed E-state index contributed by atoms with van der Waals surface area (Å²) in [5, 5.41) is 0. The standard InChI is InChI=1S/C16H23NO4/c1-3-5-8-17-10-16-7-6-11(21-16)12(13(16)14(17)18)15(19)20-9-4-2/h6-7,11-13H,3-5,8-10H2,1-2H3/t11-,12-,13+,16-/m0/s1. The fourth-order valence-corrected chi connectivity index (χ4v) is 3.68. The molecule has 0 aromatic rings. The highest BCUT2D eigenvalue weighted by Gasteiger charge is 2.67. The monoisotopic (exact) mass is 293 g/mol. The highest BCUT2D eigenvalue weighted by Crippen LogP contribution is 2.52. The van der Waals surface area contributed by atoms with Crippen LogP contribution in [0.4, 0.5) is 0 Å². The first-order chi connectivity index (χ1) is 10.1. The molecular weight excluding hydrogens is 270 g/mol. The van der Waals surface area contributed by atoms with Crippen LogP contribution in [-0.4, -0.2) is 48.2 Å². The van der Waals surface area contributed by atoms with E-state index >= 15 is 0 Å². The average molecular weight is 293 g/mol. The van der Waals surface area contributed by atoms with E-state index in [9.17, 15) is 9.59 Å². The molecule has 0 aliphatic carbocycles. The number of rotatable bonds is 6. The molecule has 3 rings (SSSR count). The number of esters is 1. The third-order valence-electron chi connectivity index (χ3n) is 4.68. The van der Waals surface area contributed by atoms with Gasteiger partial charge in [0, 0.05) is 6.54 Å². The second-order valence-electron chi connectivity index (χ2n) is 6.18. The summed E-state index contributed by atoms with van der Waals surface area (Å²) in [5.74, 6) is -1.10. The Labute approximate surface area is 125 Å². The van der Waals surface area contributed by atoms with Crippen LogP contribution in [0, 0.1) is 11.8 Å². The predicted molar refractivity (Wildman–Crippen MR) is 76.5 cm³/mol. The number of likely N-dealkylation sites (tertiary alicyclic amines) is 1. The number of hydrogen-bond donors (Lipinski definition) is 0. The van der Waals surface area contributed by atoms with Crippen molar-refractivity contribution >= 4 is 11.9 Å². The molecule has 5 heteroatoms. The van der Waals surface area contributed by atoms with Crippen LogP contribution in [0.2, 0.25) is 0 Å². The molecule has 2 fully saturated rings. The highest BCUT2D eigenvalue weighted by atomic mass is 16.6. The van der Waals surface area contributed by atoms with E-state index in [1.54, 1.807) is 0 Å². The third kappa shape index (κ3) is 2.18. The van der Waals surface area contributed by atoms with Gasteiger partial charge in [-0.1, -0.05) is 32.4 Å². The van der Waals surface area contributed by atoms with Gasteiger partial charge in [-0.2, -0.15) is 0 Å². The Morgan fingerprint density at radius 1 is 1.48 bits per heavy atom. The van der Waals surface area contributed by atoms with Crippen LogP contribution in [-0.2, 0) is 19.1 Å². The predicted octanol–water partition coefficient (Wildman–Crippen LogP) is 1.52. The molecule has 0 aromatic heterocycles. The summed E-state index contributed by atoms with van der Waals surface area (Å²) in [5.41, 5.74) is -0.592. The molecule has 4 atom stereocenters. The summed E-state index contributed by atoms with van der Waals surface area (Å²) in [6.45, 7) is 5.78. The molecule has 1 amide bonds. The minimum Gasteiger partial charge on any atom is -0.465 e. The SMILES string of the molecule is CCCCN1C[C@]23C=C[C@H](O2)[C@H](C(=O)OCCC)[C@@H]3C1=O. The van der Waals surface area contributed by atoms with Crippen molar-refractivity contribution in [2.24, 2.45) is 11.8 Å². The van der Waals surface area contributed by atoms with Gasteiger partial charge in [0.1, 0.15) is 11.5 Å². The number of unbranched alkanes of at least 4 members (excludes halogenated alkanes) is 1. The molecule has 1 spiro atoms. The first-order valence-electron chi connectivity index (χ1n) is 7.95. The summed E-state index contributed by atoms with van der Waals surface area (Å²) in [7, 11) is 0. The van der Waals surface area contributed by atoms with Gasteiger partial charge in [-0.15, -0.1) is 0 Å². The van der Waals surface area contributed by atoms with E-state index in [0.29, 0.717) is 13.2 Å². The zero-order valence-corrected chi connectivity index (χ0v) is 12.7. The van der Waals surface area contributed by atoms with Gasteiger partial charge in [-0.25, -0.2) is 0 Å². The summed E-state index contributed by atoms with van der Waals surface area (Å²) in [6, 6.07) is 0. The lowest BCUT2D eigenvalue weighted by Crippen LogP contribution is -2.40. The van der Waals surface area contributed by atoms with Gasteiger partial charge in [0.25, 0.3) is 0 Å². The van der Waals surface area contributed by atoms with E-state index in [1.807, 2.05) is 24.0 Å². The number of carbonyl (C=O) groups excluding carboxylic acids is 2. The van der Waals surface area contributed by atoms with Crippen molar-refractivity contribution in [2.75, 3.05) is 19.7 Å². The van der Waals surface area contributed by atoms with Crippen LogP contribution in [0.25, 0.3) is 0 Å². The number of hydrogen-bond acceptors (Lipinski definition) is 4. The van der Waals surface area contributed by atoms with Crippen molar-refractivity contribution in [1.82, 2.24) is 4.90 Å². The topological polar surface area (TPSA) is 55.8 Å². The normalized spacial score (nSPS) is 36.4. The second-order valence-corrected chi connectivity index (χ2v) is 6.18. The molecule has 0 aromatic carbocycles. The maximum atomic E-state index is 12.7. The smallest absolute Gasteiger partial charge is 0.312 e. The maximum absolute atomic E-state index is 12.7.